The maximum absolute atomic E-state index is 12.7. The summed E-state index contributed by atoms with van der Waals surface area (Å²) in [5.41, 5.74) is 1.02. The molecule has 0 aromatic heterocycles. The molecule has 0 spiro atoms. The quantitative estimate of drug-likeness (QED) is 0.711. The highest BCUT2D eigenvalue weighted by molar-refractivity contribution is 5.92. The van der Waals surface area contributed by atoms with Crippen molar-refractivity contribution in [2.75, 3.05) is 26.2 Å². The van der Waals surface area contributed by atoms with Crippen molar-refractivity contribution in [3.8, 4) is 0 Å². The van der Waals surface area contributed by atoms with E-state index in [-0.39, 0.29) is 17.7 Å². The van der Waals surface area contributed by atoms with Crippen molar-refractivity contribution in [1.29, 1.82) is 0 Å². The molecule has 0 atom stereocenters. The summed E-state index contributed by atoms with van der Waals surface area (Å²) < 4.78 is 0. The van der Waals surface area contributed by atoms with Crippen molar-refractivity contribution in [2.45, 2.75) is 39.5 Å². The monoisotopic (exact) mass is 342 g/mol. The number of rotatable bonds is 7. The normalized spacial score (nSPS) is 15.5. The third kappa shape index (κ3) is 5.73. The van der Waals surface area contributed by atoms with Gasteiger partial charge < -0.3 is 9.80 Å². The summed E-state index contributed by atoms with van der Waals surface area (Å²) in [6.07, 6.45) is 7.02. The van der Waals surface area contributed by atoms with E-state index in [1.54, 1.807) is 6.08 Å². The Morgan fingerprint density at radius 1 is 1.08 bits per heavy atom. The minimum Gasteiger partial charge on any atom is -0.342 e. The Labute approximate surface area is 151 Å². The molecule has 1 aliphatic rings. The Morgan fingerprint density at radius 3 is 2.24 bits per heavy atom. The van der Waals surface area contributed by atoms with Crippen LogP contribution in [0.3, 0.4) is 0 Å². The molecule has 0 N–H and O–H groups in total. The maximum atomic E-state index is 12.7. The Bertz CT molecular complexity index is 569. The van der Waals surface area contributed by atoms with Gasteiger partial charge in [0.25, 0.3) is 0 Å². The van der Waals surface area contributed by atoms with Gasteiger partial charge in [-0.25, -0.2) is 0 Å². The fourth-order valence-corrected chi connectivity index (χ4v) is 3.31. The van der Waals surface area contributed by atoms with E-state index in [4.69, 9.17) is 0 Å². The summed E-state index contributed by atoms with van der Waals surface area (Å²) >= 11 is 0. The molecule has 1 aromatic rings. The predicted octanol–water partition coefficient (Wildman–Crippen LogP) is 3.59. The lowest BCUT2D eigenvalue weighted by Crippen LogP contribution is -2.44. The van der Waals surface area contributed by atoms with E-state index < -0.39 is 0 Å². The first-order valence-electron chi connectivity index (χ1n) is 9.46. The van der Waals surface area contributed by atoms with Crippen LogP contribution >= 0.6 is 0 Å². The van der Waals surface area contributed by atoms with Gasteiger partial charge in [0.1, 0.15) is 0 Å². The van der Waals surface area contributed by atoms with Crippen LogP contribution in [0, 0.1) is 5.92 Å². The molecule has 25 heavy (non-hydrogen) atoms. The highest BCUT2D eigenvalue weighted by Crippen LogP contribution is 2.20. The van der Waals surface area contributed by atoms with Gasteiger partial charge in [-0.05, 0) is 37.3 Å². The molecule has 2 rings (SSSR count). The molecule has 4 heteroatoms. The number of amides is 2. The second kappa shape index (κ2) is 10.0. The number of carbonyl (C=O) groups excluding carboxylic acids is 2. The summed E-state index contributed by atoms with van der Waals surface area (Å²) in [7, 11) is 0. The molecule has 136 valence electrons. The van der Waals surface area contributed by atoms with E-state index in [1.807, 2.05) is 46.2 Å². The van der Waals surface area contributed by atoms with Gasteiger partial charge in [-0.2, -0.15) is 0 Å². The third-order valence-electron chi connectivity index (χ3n) is 4.67. The molecular formula is C21H30N2O2. The minimum absolute atomic E-state index is 0.0359. The summed E-state index contributed by atoms with van der Waals surface area (Å²) in [4.78, 5) is 28.9. The molecule has 1 aromatic carbocycles. The fourth-order valence-electron chi connectivity index (χ4n) is 3.31. The van der Waals surface area contributed by atoms with Crippen LogP contribution < -0.4 is 0 Å². The van der Waals surface area contributed by atoms with Crippen molar-refractivity contribution in [3.63, 3.8) is 0 Å². The maximum Gasteiger partial charge on any atom is 0.246 e. The topological polar surface area (TPSA) is 40.6 Å². The Kier molecular flexibility index (Phi) is 7.71. The second-order valence-corrected chi connectivity index (χ2v) is 6.67. The Morgan fingerprint density at radius 2 is 1.68 bits per heavy atom. The number of hydrogen-bond acceptors (Lipinski definition) is 2. The van der Waals surface area contributed by atoms with Gasteiger partial charge in [-0.1, -0.05) is 44.2 Å². The van der Waals surface area contributed by atoms with Crippen LogP contribution in [-0.4, -0.2) is 47.8 Å². The minimum atomic E-state index is 0.0359. The lowest BCUT2D eigenvalue weighted by Gasteiger charge is -2.33. The summed E-state index contributed by atoms with van der Waals surface area (Å²) in [5.74, 6) is 0.379. The van der Waals surface area contributed by atoms with Crippen LogP contribution in [0.1, 0.15) is 45.1 Å². The molecule has 1 aliphatic heterocycles. The molecule has 1 fully saturated rings. The van der Waals surface area contributed by atoms with Gasteiger partial charge in [0.15, 0.2) is 0 Å². The lowest BCUT2D eigenvalue weighted by atomic mass is 9.95. The van der Waals surface area contributed by atoms with E-state index in [1.165, 1.54) is 0 Å². The first kappa shape index (κ1) is 19.2. The molecule has 2 amide bonds. The van der Waals surface area contributed by atoms with Crippen molar-refractivity contribution in [1.82, 2.24) is 9.80 Å². The average molecular weight is 342 g/mol. The van der Waals surface area contributed by atoms with E-state index in [0.29, 0.717) is 13.1 Å². The van der Waals surface area contributed by atoms with Crippen LogP contribution in [0.15, 0.2) is 36.4 Å². The van der Waals surface area contributed by atoms with Crippen molar-refractivity contribution >= 4 is 17.9 Å². The van der Waals surface area contributed by atoms with E-state index in [0.717, 1.165) is 44.3 Å². The zero-order chi connectivity index (χ0) is 18.1. The van der Waals surface area contributed by atoms with Gasteiger partial charge in [0.2, 0.25) is 11.8 Å². The van der Waals surface area contributed by atoms with Gasteiger partial charge in [0, 0.05) is 38.2 Å². The largest absolute Gasteiger partial charge is 0.342 e. The highest BCUT2D eigenvalue weighted by Gasteiger charge is 2.29. The number of piperidine rings is 1. The zero-order valence-corrected chi connectivity index (χ0v) is 15.5. The van der Waals surface area contributed by atoms with E-state index in [9.17, 15) is 9.59 Å². The molecule has 1 saturated heterocycles. The van der Waals surface area contributed by atoms with Crippen LogP contribution in [0.2, 0.25) is 0 Å². The van der Waals surface area contributed by atoms with Gasteiger partial charge in [0.05, 0.1) is 0 Å². The molecule has 0 saturated carbocycles. The first-order chi connectivity index (χ1) is 12.2. The smallest absolute Gasteiger partial charge is 0.246 e. The highest BCUT2D eigenvalue weighted by atomic mass is 16.2. The van der Waals surface area contributed by atoms with E-state index >= 15 is 0 Å². The molecule has 0 radical (unpaired) electrons. The number of likely N-dealkylation sites (tertiary alicyclic amines) is 1. The van der Waals surface area contributed by atoms with Crippen molar-refractivity contribution < 1.29 is 9.59 Å². The molecule has 1 heterocycles. The van der Waals surface area contributed by atoms with Crippen LogP contribution in [0.25, 0.3) is 6.08 Å². The molecule has 0 unspecified atom stereocenters. The summed E-state index contributed by atoms with van der Waals surface area (Å²) in [6.45, 7) is 7.23. The lowest BCUT2D eigenvalue weighted by molar-refractivity contribution is -0.139. The summed E-state index contributed by atoms with van der Waals surface area (Å²) in [6, 6.07) is 9.83. The Balaban J connectivity index is 1.85. The molecule has 0 aliphatic carbocycles. The van der Waals surface area contributed by atoms with E-state index in [2.05, 4.69) is 13.8 Å². The first-order valence-corrected chi connectivity index (χ1v) is 9.46. The van der Waals surface area contributed by atoms with Crippen LogP contribution in [0.5, 0.6) is 0 Å². The number of carbonyl (C=O) groups is 2. The van der Waals surface area contributed by atoms with Crippen LogP contribution in [0.4, 0.5) is 0 Å². The van der Waals surface area contributed by atoms with Crippen molar-refractivity contribution in [3.05, 3.63) is 42.0 Å². The number of nitrogens with zero attached hydrogens (tertiary/aromatic N) is 2. The standard InChI is InChI=1S/C21H30N2O2/c1-3-14-23(15-4-2)21(25)19-12-16-22(17-13-19)20(24)11-10-18-8-6-5-7-9-18/h5-11,19H,3-4,12-17H2,1-2H3. The van der Waals surface area contributed by atoms with Gasteiger partial charge >= 0.3 is 0 Å². The molecule has 0 bridgehead atoms. The molecular weight excluding hydrogens is 312 g/mol. The van der Waals surface area contributed by atoms with Crippen LogP contribution in [-0.2, 0) is 9.59 Å². The zero-order valence-electron chi connectivity index (χ0n) is 15.5. The van der Waals surface area contributed by atoms with Gasteiger partial charge in [-0.3, -0.25) is 9.59 Å². The average Bonchev–Trinajstić information content (AvgIpc) is 2.66. The number of hydrogen-bond donors (Lipinski definition) is 0. The molecule has 4 nitrogen and oxygen atoms in total. The fraction of sp³-hybridized carbons (Fsp3) is 0.524. The number of benzene rings is 1. The SMILES string of the molecule is CCCN(CCC)C(=O)C1CCN(C(=O)C=Cc2ccccc2)CC1. The summed E-state index contributed by atoms with van der Waals surface area (Å²) in [5, 5.41) is 0. The Hall–Kier alpha value is -2.10. The second-order valence-electron chi connectivity index (χ2n) is 6.67. The van der Waals surface area contributed by atoms with Crippen molar-refractivity contribution in [2.24, 2.45) is 5.92 Å². The van der Waals surface area contributed by atoms with Gasteiger partial charge in [-0.15, -0.1) is 0 Å². The third-order valence-corrected chi connectivity index (χ3v) is 4.67. The predicted molar refractivity (Wildman–Crippen MR) is 102 cm³/mol.